The van der Waals surface area contributed by atoms with Gasteiger partial charge < -0.3 is 16.0 Å². The molecule has 1 amide bonds. The molecule has 3 aromatic rings. The van der Waals surface area contributed by atoms with Crippen molar-refractivity contribution in [2.24, 2.45) is 0 Å². The molecule has 1 unspecified atom stereocenters. The number of H-pyrrole nitrogens is 1. The number of nitrogens with zero attached hydrogens (tertiary/aromatic N) is 3. The summed E-state index contributed by atoms with van der Waals surface area (Å²) in [5.41, 5.74) is 1.99. The molecule has 1 atom stereocenters. The van der Waals surface area contributed by atoms with Crippen LogP contribution in [0.1, 0.15) is 37.2 Å². The number of fused-ring (bicyclic) bond motifs is 1. The number of carbonyl (C=O) groups is 1. The van der Waals surface area contributed by atoms with Crippen LogP contribution in [0.4, 0.5) is 11.6 Å². The van der Waals surface area contributed by atoms with E-state index in [0.29, 0.717) is 42.7 Å². The molecule has 4 N–H and O–H groups in total. The van der Waals surface area contributed by atoms with Gasteiger partial charge in [-0.2, -0.15) is 5.10 Å². The molecule has 1 aliphatic rings. The maximum atomic E-state index is 10.3. The third-order valence-electron chi connectivity index (χ3n) is 4.90. The Balaban J connectivity index is 1.55. The zero-order valence-corrected chi connectivity index (χ0v) is 17.0. The Kier molecular flexibility index (Phi) is 5.92. The molecule has 8 nitrogen and oxygen atoms in total. The number of benzene rings is 1. The number of aromatic amines is 1. The number of hydrogen-bond acceptors (Lipinski definition) is 6. The Morgan fingerprint density at radius 1 is 1.28 bits per heavy atom. The maximum Gasteiger partial charge on any atom is 0.207 e. The molecule has 1 aliphatic carbocycles. The lowest BCUT2D eigenvalue weighted by Crippen LogP contribution is -2.34. The standard InChI is InChI=1S/C20H24ClN7O/c1-12(23-7-6-22-11-29)8-18-24-16-5-4-14(21)9-15(16)20(25-18)26-19-10-17(27-28-19)13-2-3-13/h4-5,9-13,23H,2-3,6-8H2,1H3,(H,22,29)(H2,24,25,26,27,28). The van der Waals surface area contributed by atoms with E-state index < -0.39 is 0 Å². The average Bonchev–Trinajstić information content (AvgIpc) is 3.45. The smallest absolute Gasteiger partial charge is 0.207 e. The molecule has 0 radical (unpaired) electrons. The van der Waals surface area contributed by atoms with Crippen molar-refractivity contribution in [3.05, 3.63) is 40.8 Å². The van der Waals surface area contributed by atoms with Crippen molar-refractivity contribution in [2.45, 2.75) is 38.1 Å². The van der Waals surface area contributed by atoms with Gasteiger partial charge in [-0.1, -0.05) is 11.6 Å². The second kappa shape index (κ2) is 8.75. The minimum Gasteiger partial charge on any atom is -0.357 e. The van der Waals surface area contributed by atoms with Gasteiger partial charge in [0.1, 0.15) is 11.6 Å². The minimum absolute atomic E-state index is 0.160. The van der Waals surface area contributed by atoms with E-state index in [9.17, 15) is 4.79 Å². The van der Waals surface area contributed by atoms with E-state index in [2.05, 4.69) is 33.1 Å². The molecular formula is C20H24ClN7O. The summed E-state index contributed by atoms with van der Waals surface area (Å²) in [5, 5.41) is 18.3. The average molecular weight is 414 g/mol. The molecular weight excluding hydrogens is 390 g/mol. The van der Waals surface area contributed by atoms with E-state index in [1.807, 2.05) is 24.3 Å². The fraction of sp³-hybridized carbons (Fsp3) is 0.400. The fourth-order valence-electron chi connectivity index (χ4n) is 3.26. The van der Waals surface area contributed by atoms with Crippen LogP contribution in [-0.4, -0.2) is 45.7 Å². The molecule has 9 heteroatoms. The van der Waals surface area contributed by atoms with Gasteiger partial charge in [-0.05, 0) is 38.0 Å². The largest absolute Gasteiger partial charge is 0.357 e. The van der Waals surface area contributed by atoms with Gasteiger partial charge >= 0.3 is 0 Å². The van der Waals surface area contributed by atoms with Gasteiger partial charge in [-0.3, -0.25) is 9.89 Å². The van der Waals surface area contributed by atoms with E-state index in [0.717, 1.165) is 28.2 Å². The molecule has 29 heavy (non-hydrogen) atoms. The number of rotatable bonds is 10. The highest BCUT2D eigenvalue weighted by molar-refractivity contribution is 6.31. The number of hydrogen-bond donors (Lipinski definition) is 4. The van der Waals surface area contributed by atoms with Gasteiger partial charge in [0.25, 0.3) is 0 Å². The first kappa shape index (κ1) is 19.6. The molecule has 152 valence electrons. The predicted octanol–water partition coefficient (Wildman–Crippen LogP) is 2.89. The first-order chi connectivity index (χ1) is 14.1. The first-order valence-electron chi connectivity index (χ1n) is 9.81. The number of nitrogens with one attached hydrogen (secondary N) is 4. The van der Waals surface area contributed by atoms with Crippen LogP contribution in [-0.2, 0) is 11.2 Å². The second-order valence-corrected chi connectivity index (χ2v) is 7.83. The number of amides is 1. The summed E-state index contributed by atoms with van der Waals surface area (Å²) < 4.78 is 0. The lowest BCUT2D eigenvalue weighted by Gasteiger charge is -2.14. The van der Waals surface area contributed by atoms with Crippen LogP contribution in [0, 0.1) is 0 Å². The van der Waals surface area contributed by atoms with E-state index in [4.69, 9.17) is 21.6 Å². The van der Waals surface area contributed by atoms with Gasteiger partial charge in [0, 0.05) is 53.6 Å². The van der Waals surface area contributed by atoms with Crippen molar-refractivity contribution in [1.82, 2.24) is 30.8 Å². The van der Waals surface area contributed by atoms with Crippen molar-refractivity contribution in [1.29, 1.82) is 0 Å². The zero-order valence-electron chi connectivity index (χ0n) is 16.2. The summed E-state index contributed by atoms with van der Waals surface area (Å²) in [7, 11) is 0. The van der Waals surface area contributed by atoms with Gasteiger partial charge in [0.2, 0.25) is 6.41 Å². The summed E-state index contributed by atoms with van der Waals surface area (Å²) >= 11 is 6.21. The molecule has 0 bridgehead atoms. The van der Waals surface area contributed by atoms with Crippen LogP contribution < -0.4 is 16.0 Å². The second-order valence-electron chi connectivity index (χ2n) is 7.39. The van der Waals surface area contributed by atoms with Crippen LogP contribution in [0.3, 0.4) is 0 Å². The van der Waals surface area contributed by atoms with Crippen molar-refractivity contribution < 1.29 is 4.79 Å². The highest BCUT2D eigenvalue weighted by Crippen LogP contribution is 2.39. The quantitative estimate of drug-likeness (QED) is 0.300. The Bertz CT molecular complexity index is 1000. The molecule has 2 aromatic heterocycles. The van der Waals surface area contributed by atoms with E-state index in [1.165, 1.54) is 12.8 Å². The zero-order chi connectivity index (χ0) is 20.2. The molecule has 0 aliphatic heterocycles. The number of anilines is 2. The van der Waals surface area contributed by atoms with Crippen LogP contribution in [0.5, 0.6) is 0 Å². The highest BCUT2D eigenvalue weighted by atomic mass is 35.5. The monoisotopic (exact) mass is 413 g/mol. The minimum atomic E-state index is 0.160. The molecule has 1 saturated carbocycles. The molecule has 2 heterocycles. The fourth-order valence-corrected chi connectivity index (χ4v) is 3.43. The van der Waals surface area contributed by atoms with Gasteiger partial charge in [0.05, 0.1) is 5.52 Å². The predicted molar refractivity (Wildman–Crippen MR) is 114 cm³/mol. The third-order valence-corrected chi connectivity index (χ3v) is 5.13. The van der Waals surface area contributed by atoms with Crippen LogP contribution in [0.2, 0.25) is 5.02 Å². The van der Waals surface area contributed by atoms with Crippen molar-refractivity contribution in [3.8, 4) is 0 Å². The SMILES string of the molecule is CC(Cc1nc(Nc2cc(C3CC3)[nH]n2)c2cc(Cl)ccc2n1)NCCNC=O. The van der Waals surface area contributed by atoms with E-state index in [1.54, 1.807) is 0 Å². The van der Waals surface area contributed by atoms with Crippen LogP contribution in [0.15, 0.2) is 24.3 Å². The molecule has 1 fully saturated rings. The lowest BCUT2D eigenvalue weighted by molar-refractivity contribution is -0.109. The van der Waals surface area contributed by atoms with E-state index >= 15 is 0 Å². The van der Waals surface area contributed by atoms with Crippen LogP contribution >= 0.6 is 11.6 Å². The Labute approximate surface area is 173 Å². The van der Waals surface area contributed by atoms with Crippen molar-refractivity contribution in [3.63, 3.8) is 0 Å². The molecule has 0 spiro atoms. The number of carbonyl (C=O) groups excluding carboxylic acids is 1. The topological polar surface area (TPSA) is 108 Å². The highest BCUT2D eigenvalue weighted by Gasteiger charge is 2.25. The summed E-state index contributed by atoms with van der Waals surface area (Å²) in [6.07, 6.45) is 3.78. The van der Waals surface area contributed by atoms with Gasteiger partial charge in [0.15, 0.2) is 5.82 Å². The Morgan fingerprint density at radius 3 is 2.93 bits per heavy atom. The van der Waals surface area contributed by atoms with Gasteiger partial charge in [-0.15, -0.1) is 0 Å². The normalized spacial score (nSPS) is 14.7. The maximum absolute atomic E-state index is 10.3. The molecule has 4 rings (SSSR count). The third kappa shape index (κ3) is 5.02. The summed E-state index contributed by atoms with van der Waals surface area (Å²) in [6, 6.07) is 7.80. The molecule has 0 saturated heterocycles. The summed E-state index contributed by atoms with van der Waals surface area (Å²) in [4.78, 5) is 19.8. The number of halogens is 1. The van der Waals surface area contributed by atoms with Crippen LogP contribution in [0.25, 0.3) is 10.9 Å². The lowest BCUT2D eigenvalue weighted by atomic mass is 10.2. The first-order valence-corrected chi connectivity index (χ1v) is 10.2. The summed E-state index contributed by atoms with van der Waals surface area (Å²) in [6.45, 7) is 3.34. The Morgan fingerprint density at radius 2 is 2.14 bits per heavy atom. The number of aromatic nitrogens is 4. The summed E-state index contributed by atoms with van der Waals surface area (Å²) in [5.74, 6) is 2.76. The molecule has 1 aromatic carbocycles. The van der Waals surface area contributed by atoms with Gasteiger partial charge in [-0.25, -0.2) is 9.97 Å². The van der Waals surface area contributed by atoms with Crippen molar-refractivity contribution in [2.75, 3.05) is 18.4 Å². The van der Waals surface area contributed by atoms with E-state index in [-0.39, 0.29) is 6.04 Å². The Hall–Kier alpha value is -2.71. The van der Waals surface area contributed by atoms with Crippen molar-refractivity contribution >= 4 is 40.5 Å².